The van der Waals surface area contributed by atoms with Crippen LogP contribution in [0.3, 0.4) is 0 Å². The molecule has 0 radical (unpaired) electrons. The zero-order valence-electron chi connectivity index (χ0n) is 15.4. The number of carbonyl (C=O) groups is 2. The van der Waals surface area contributed by atoms with Crippen molar-refractivity contribution in [1.29, 1.82) is 0 Å². The molecule has 2 aromatic carbocycles. The fourth-order valence-corrected chi connectivity index (χ4v) is 2.47. The molecule has 0 N–H and O–H groups in total. The van der Waals surface area contributed by atoms with Crippen molar-refractivity contribution < 1.29 is 23.5 Å². The van der Waals surface area contributed by atoms with Gasteiger partial charge in [-0.25, -0.2) is 14.7 Å². The average molecular weight is 380 g/mol. The number of oxazole rings is 1. The van der Waals surface area contributed by atoms with Crippen LogP contribution in [0.25, 0.3) is 11.3 Å². The molecule has 0 aliphatic carbocycles. The van der Waals surface area contributed by atoms with Gasteiger partial charge in [0, 0.05) is 5.56 Å². The van der Waals surface area contributed by atoms with Crippen molar-refractivity contribution in [2.24, 2.45) is 0 Å². The Kier molecular flexibility index (Phi) is 6.41. The summed E-state index contributed by atoms with van der Waals surface area (Å²) in [6.45, 7) is 1.59. The Balaban J connectivity index is 1.77. The summed E-state index contributed by atoms with van der Waals surface area (Å²) < 4.78 is 15.9. The van der Waals surface area contributed by atoms with Gasteiger partial charge in [-0.1, -0.05) is 60.7 Å². The quantitative estimate of drug-likeness (QED) is 0.575. The molecule has 0 saturated carbocycles. The highest BCUT2D eigenvalue weighted by Gasteiger charge is 2.26. The number of ether oxygens (including phenoxy) is 2. The van der Waals surface area contributed by atoms with Gasteiger partial charge in [0.15, 0.2) is 5.76 Å². The van der Waals surface area contributed by atoms with Crippen LogP contribution >= 0.6 is 0 Å². The van der Waals surface area contributed by atoms with Gasteiger partial charge in [0.05, 0.1) is 12.8 Å². The van der Waals surface area contributed by atoms with Gasteiger partial charge < -0.3 is 13.9 Å². The molecule has 0 saturated heterocycles. The molecule has 0 unspecified atom stereocenters. The van der Waals surface area contributed by atoms with Gasteiger partial charge >= 0.3 is 18.1 Å². The van der Waals surface area contributed by atoms with Crippen LogP contribution < -0.4 is 4.90 Å². The van der Waals surface area contributed by atoms with Crippen molar-refractivity contribution >= 4 is 18.1 Å². The first-order valence-corrected chi connectivity index (χ1v) is 8.82. The van der Waals surface area contributed by atoms with E-state index in [-0.39, 0.29) is 25.8 Å². The summed E-state index contributed by atoms with van der Waals surface area (Å²) in [7, 11) is 0. The molecule has 3 aromatic rings. The summed E-state index contributed by atoms with van der Waals surface area (Å²) in [5.74, 6) is -0.112. The van der Waals surface area contributed by atoms with E-state index in [4.69, 9.17) is 13.9 Å². The monoisotopic (exact) mass is 380 g/mol. The predicted octanol–water partition coefficient (Wildman–Crippen LogP) is 4.05. The normalized spacial score (nSPS) is 10.3. The summed E-state index contributed by atoms with van der Waals surface area (Å²) in [5, 5.41) is 0. The number of amides is 1. The first-order chi connectivity index (χ1) is 13.7. The minimum Gasteiger partial charge on any atom is -0.465 e. The molecule has 0 fully saturated rings. The Hall–Kier alpha value is -3.61. The van der Waals surface area contributed by atoms with Gasteiger partial charge in [-0.2, -0.15) is 0 Å². The third-order valence-corrected chi connectivity index (χ3v) is 3.80. The molecular weight excluding hydrogens is 360 g/mol. The van der Waals surface area contributed by atoms with Crippen molar-refractivity contribution in [3.63, 3.8) is 0 Å². The molecule has 0 aliphatic heterocycles. The summed E-state index contributed by atoms with van der Waals surface area (Å²) >= 11 is 0. The third-order valence-electron chi connectivity index (χ3n) is 3.80. The Morgan fingerprint density at radius 3 is 2.36 bits per heavy atom. The molecule has 28 heavy (non-hydrogen) atoms. The Bertz CT molecular complexity index is 909. The maximum atomic E-state index is 12.6. The second kappa shape index (κ2) is 9.36. The first-order valence-electron chi connectivity index (χ1n) is 8.82. The van der Waals surface area contributed by atoms with E-state index in [2.05, 4.69) is 4.98 Å². The van der Waals surface area contributed by atoms with E-state index in [1.54, 1.807) is 6.92 Å². The molecular formula is C21H20N2O5. The van der Waals surface area contributed by atoms with Crippen molar-refractivity contribution in [1.82, 2.24) is 4.98 Å². The average Bonchev–Trinajstić information content (AvgIpc) is 3.22. The van der Waals surface area contributed by atoms with Crippen LogP contribution in [0.4, 0.5) is 10.8 Å². The molecule has 0 bridgehead atoms. The molecule has 1 amide bonds. The molecule has 7 nitrogen and oxygen atoms in total. The highest BCUT2D eigenvalue weighted by Crippen LogP contribution is 2.24. The van der Waals surface area contributed by atoms with Gasteiger partial charge in [-0.15, -0.1) is 0 Å². The van der Waals surface area contributed by atoms with E-state index >= 15 is 0 Å². The minimum atomic E-state index is -0.752. The number of rotatable bonds is 7. The largest absolute Gasteiger partial charge is 0.465 e. The number of nitrogens with zero attached hydrogens (tertiary/aromatic N) is 2. The molecule has 144 valence electrons. The third kappa shape index (κ3) is 4.97. The van der Waals surface area contributed by atoms with E-state index in [0.29, 0.717) is 5.76 Å². The highest BCUT2D eigenvalue weighted by molar-refractivity contribution is 5.91. The van der Waals surface area contributed by atoms with Crippen LogP contribution in [-0.4, -0.2) is 30.2 Å². The molecule has 1 aromatic heterocycles. The van der Waals surface area contributed by atoms with E-state index < -0.39 is 12.1 Å². The van der Waals surface area contributed by atoms with Gasteiger partial charge in [0.1, 0.15) is 13.2 Å². The smallest absolute Gasteiger partial charge is 0.418 e. The number of esters is 1. The first kappa shape index (κ1) is 19.2. The van der Waals surface area contributed by atoms with Gasteiger partial charge in [0.25, 0.3) is 0 Å². The Labute approximate surface area is 162 Å². The van der Waals surface area contributed by atoms with Crippen LogP contribution in [0.15, 0.2) is 71.3 Å². The predicted molar refractivity (Wildman–Crippen MR) is 103 cm³/mol. The number of aromatic nitrogens is 1. The lowest BCUT2D eigenvalue weighted by Crippen LogP contribution is -2.37. The topological polar surface area (TPSA) is 81.9 Å². The summed E-state index contributed by atoms with van der Waals surface area (Å²) in [5.41, 5.74) is 1.62. The second-order valence-electron chi connectivity index (χ2n) is 5.80. The minimum absolute atomic E-state index is 0.0371. The molecule has 3 rings (SSSR count). The lowest BCUT2D eigenvalue weighted by molar-refractivity contribution is -0.141. The van der Waals surface area contributed by atoms with E-state index in [1.165, 1.54) is 6.20 Å². The maximum absolute atomic E-state index is 12.6. The molecule has 0 aliphatic rings. The lowest BCUT2D eigenvalue weighted by atomic mass is 10.2. The zero-order valence-corrected chi connectivity index (χ0v) is 15.4. The summed E-state index contributed by atoms with van der Waals surface area (Å²) in [6, 6.07) is 18.5. The second-order valence-corrected chi connectivity index (χ2v) is 5.80. The van der Waals surface area contributed by atoms with Crippen molar-refractivity contribution in [2.75, 3.05) is 18.1 Å². The van der Waals surface area contributed by atoms with Crippen LogP contribution in [0.2, 0.25) is 0 Å². The van der Waals surface area contributed by atoms with E-state index in [0.717, 1.165) is 16.0 Å². The van der Waals surface area contributed by atoms with Crippen LogP contribution in [0.1, 0.15) is 12.5 Å². The highest BCUT2D eigenvalue weighted by atomic mass is 16.6. The lowest BCUT2D eigenvalue weighted by Gasteiger charge is -2.17. The van der Waals surface area contributed by atoms with Crippen LogP contribution in [0, 0.1) is 0 Å². The molecule has 1 heterocycles. The fraction of sp³-hybridized carbons (Fsp3) is 0.190. The van der Waals surface area contributed by atoms with Gasteiger partial charge in [0.2, 0.25) is 0 Å². The number of hydrogen-bond acceptors (Lipinski definition) is 6. The summed E-state index contributed by atoms with van der Waals surface area (Å²) in [4.78, 5) is 29.7. The SMILES string of the molecule is CCOC(=O)CN(C(=O)OCc1ccccc1)c1ncc(-c2ccccc2)o1. The zero-order chi connectivity index (χ0) is 19.8. The van der Waals surface area contributed by atoms with E-state index in [1.807, 2.05) is 60.7 Å². The number of hydrogen-bond donors (Lipinski definition) is 0. The van der Waals surface area contributed by atoms with Crippen molar-refractivity contribution in [2.45, 2.75) is 13.5 Å². The molecule has 0 spiro atoms. The van der Waals surface area contributed by atoms with Crippen molar-refractivity contribution in [3.05, 3.63) is 72.4 Å². The Morgan fingerprint density at radius 2 is 1.68 bits per heavy atom. The number of carbonyl (C=O) groups excluding carboxylic acids is 2. The molecule has 0 atom stereocenters. The van der Waals surface area contributed by atoms with Crippen molar-refractivity contribution in [3.8, 4) is 11.3 Å². The van der Waals surface area contributed by atoms with Gasteiger partial charge in [-0.05, 0) is 12.5 Å². The fourth-order valence-electron chi connectivity index (χ4n) is 2.47. The Morgan fingerprint density at radius 1 is 1.00 bits per heavy atom. The van der Waals surface area contributed by atoms with Crippen LogP contribution in [0.5, 0.6) is 0 Å². The molecule has 7 heteroatoms. The number of anilines is 1. The van der Waals surface area contributed by atoms with E-state index in [9.17, 15) is 9.59 Å². The maximum Gasteiger partial charge on any atom is 0.418 e. The van der Waals surface area contributed by atoms with Gasteiger partial charge in [-0.3, -0.25) is 4.79 Å². The van der Waals surface area contributed by atoms with Crippen LogP contribution in [-0.2, 0) is 20.9 Å². The summed E-state index contributed by atoms with van der Waals surface area (Å²) in [6.07, 6.45) is 0.742. The number of benzene rings is 2. The standard InChI is InChI=1S/C21H20N2O5/c1-2-26-19(24)14-23(21(25)27-15-16-9-5-3-6-10-16)20-22-13-18(28-20)17-11-7-4-8-12-17/h3-13H,2,14-15H2,1H3.